The van der Waals surface area contributed by atoms with Crippen LogP contribution >= 0.6 is 11.6 Å². The van der Waals surface area contributed by atoms with E-state index in [-0.39, 0.29) is 17.1 Å². The maximum Gasteiger partial charge on any atom is 0.228 e. The predicted octanol–water partition coefficient (Wildman–Crippen LogP) is 3.84. The van der Waals surface area contributed by atoms with Gasteiger partial charge in [-0.25, -0.2) is 4.39 Å². The van der Waals surface area contributed by atoms with Crippen molar-refractivity contribution in [3.8, 4) is 0 Å². The number of hydrogen-bond donors (Lipinski definition) is 1. The molecule has 1 unspecified atom stereocenters. The molecule has 20 heavy (non-hydrogen) atoms. The third kappa shape index (κ3) is 2.54. The first kappa shape index (κ1) is 13.1. The van der Waals surface area contributed by atoms with Gasteiger partial charge < -0.3 is 5.32 Å². The van der Waals surface area contributed by atoms with E-state index in [1.54, 1.807) is 18.2 Å². The number of alkyl halides is 1. The van der Waals surface area contributed by atoms with Gasteiger partial charge in [0.25, 0.3) is 0 Å². The fourth-order valence-electron chi connectivity index (χ4n) is 2.42. The van der Waals surface area contributed by atoms with Crippen molar-refractivity contribution in [2.75, 3.05) is 5.32 Å². The Morgan fingerprint density at radius 3 is 2.85 bits per heavy atom. The smallest absolute Gasteiger partial charge is 0.228 e. The van der Waals surface area contributed by atoms with Gasteiger partial charge in [0, 0.05) is 5.69 Å². The molecule has 1 N–H and O–H groups in total. The van der Waals surface area contributed by atoms with E-state index in [0.717, 1.165) is 16.8 Å². The van der Waals surface area contributed by atoms with Crippen LogP contribution in [0.2, 0.25) is 0 Å². The van der Waals surface area contributed by atoms with E-state index in [4.69, 9.17) is 11.6 Å². The lowest BCUT2D eigenvalue weighted by atomic mass is 10.0. The Morgan fingerprint density at radius 1 is 1.25 bits per heavy atom. The van der Waals surface area contributed by atoms with E-state index >= 15 is 0 Å². The normalized spacial score (nSPS) is 14.8. The number of rotatable bonds is 3. The number of amides is 1. The number of anilines is 1. The standard InChI is InChI=1S/C16H13ClFNO/c17-13(8-11-3-1-2-4-14(11)18)10-5-6-15-12(7-10)9-16(20)19-15/h1-7,13H,8-9H2,(H,19,20). The second-order valence-corrected chi connectivity index (χ2v) is 5.43. The van der Waals surface area contributed by atoms with Crippen LogP contribution in [0.15, 0.2) is 42.5 Å². The average molecular weight is 290 g/mol. The van der Waals surface area contributed by atoms with Crippen LogP contribution in [0.1, 0.15) is 22.1 Å². The molecule has 0 saturated heterocycles. The first-order valence-electron chi connectivity index (χ1n) is 6.43. The summed E-state index contributed by atoms with van der Waals surface area (Å²) in [5.41, 5.74) is 3.30. The molecule has 0 aromatic heterocycles. The summed E-state index contributed by atoms with van der Waals surface area (Å²) >= 11 is 6.38. The molecule has 3 rings (SSSR count). The second-order valence-electron chi connectivity index (χ2n) is 4.90. The topological polar surface area (TPSA) is 29.1 Å². The Bertz CT molecular complexity index is 671. The van der Waals surface area contributed by atoms with Crippen LogP contribution in [0, 0.1) is 5.82 Å². The Kier molecular flexibility index (Phi) is 3.45. The minimum atomic E-state index is -0.312. The van der Waals surface area contributed by atoms with Gasteiger partial charge >= 0.3 is 0 Å². The Hall–Kier alpha value is -1.87. The van der Waals surface area contributed by atoms with E-state index in [0.29, 0.717) is 18.4 Å². The average Bonchev–Trinajstić information content (AvgIpc) is 2.80. The van der Waals surface area contributed by atoms with Gasteiger partial charge in [-0.15, -0.1) is 11.6 Å². The maximum absolute atomic E-state index is 13.6. The quantitative estimate of drug-likeness (QED) is 0.855. The van der Waals surface area contributed by atoms with Crippen molar-refractivity contribution in [1.29, 1.82) is 0 Å². The van der Waals surface area contributed by atoms with Crippen molar-refractivity contribution in [3.63, 3.8) is 0 Å². The highest BCUT2D eigenvalue weighted by atomic mass is 35.5. The minimum Gasteiger partial charge on any atom is -0.326 e. The van der Waals surface area contributed by atoms with Gasteiger partial charge in [0.1, 0.15) is 5.82 Å². The fourth-order valence-corrected chi connectivity index (χ4v) is 2.72. The molecule has 1 amide bonds. The Labute approximate surface area is 121 Å². The zero-order valence-electron chi connectivity index (χ0n) is 10.7. The molecule has 0 aliphatic carbocycles. The minimum absolute atomic E-state index is 0.00243. The van der Waals surface area contributed by atoms with Crippen LogP contribution in [-0.4, -0.2) is 5.91 Å². The summed E-state index contributed by atoms with van der Waals surface area (Å²) in [6.45, 7) is 0. The van der Waals surface area contributed by atoms with Gasteiger partial charge in [0.2, 0.25) is 5.91 Å². The second kappa shape index (κ2) is 5.25. The van der Waals surface area contributed by atoms with Crippen LogP contribution in [-0.2, 0) is 17.6 Å². The van der Waals surface area contributed by atoms with Gasteiger partial charge in [0.05, 0.1) is 11.8 Å². The molecule has 0 spiro atoms. The molecular weight excluding hydrogens is 277 g/mol. The van der Waals surface area contributed by atoms with Crippen LogP contribution in [0.25, 0.3) is 0 Å². The summed E-state index contributed by atoms with van der Waals surface area (Å²) in [7, 11) is 0. The van der Waals surface area contributed by atoms with E-state index in [9.17, 15) is 9.18 Å². The number of carbonyl (C=O) groups is 1. The summed E-state index contributed by atoms with van der Waals surface area (Å²) in [6.07, 6.45) is 0.806. The highest BCUT2D eigenvalue weighted by Crippen LogP contribution is 2.31. The van der Waals surface area contributed by atoms with Crippen molar-refractivity contribution >= 4 is 23.2 Å². The highest BCUT2D eigenvalue weighted by Gasteiger charge is 2.19. The molecule has 1 heterocycles. The van der Waals surface area contributed by atoms with Gasteiger partial charge in [-0.05, 0) is 35.2 Å². The molecule has 1 aliphatic heterocycles. The number of benzene rings is 2. The van der Waals surface area contributed by atoms with Crippen LogP contribution in [0.5, 0.6) is 0 Å². The van der Waals surface area contributed by atoms with Crippen molar-refractivity contribution in [2.24, 2.45) is 0 Å². The molecule has 102 valence electrons. The number of fused-ring (bicyclic) bond motifs is 1. The molecule has 2 aromatic rings. The molecule has 0 saturated carbocycles. The molecule has 4 heteroatoms. The summed E-state index contributed by atoms with van der Waals surface area (Å²) in [4.78, 5) is 11.3. The lowest BCUT2D eigenvalue weighted by molar-refractivity contribution is -0.115. The maximum atomic E-state index is 13.6. The van der Waals surface area contributed by atoms with Gasteiger partial charge in [-0.2, -0.15) is 0 Å². The summed E-state index contributed by atoms with van der Waals surface area (Å²) in [6, 6.07) is 12.3. The third-order valence-electron chi connectivity index (χ3n) is 3.47. The fraction of sp³-hybridized carbons (Fsp3) is 0.188. The largest absolute Gasteiger partial charge is 0.326 e. The molecule has 1 atom stereocenters. The molecule has 1 aliphatic rings. The predicted molar refractivity (Wildman–Crippen MR) is 77.5 cm³/mol. The van der Waals surface area contributed by atoms with Crippen molar-refractivity contribution in [1.82, 2.24) is 0 Å². The lowest BCUT2D eigenvalue weighted by Gasteiger charge is -2.12. The summed E-state index contributed by atoms with van der Waals surface area (Å²) in [5, 5.41) is 2.47. The SMILES string of the molecule is O=C1Cc2cc(C(Cl)Cc3ccccc3F)ccc2N1. The summed E-state index contributed by atoms with van der Waals surface area (Å²) in [5.74, 6) is -0.242. The number of hydrogen-bond acceptors (Lipinski definition) is 1. The van der Waals surface area contributed by atoms with Crippen LogP contribution < -0.4 is 5.32 Å². The third-order valence-corrected chi connectivity index (χ3v) is 3.88. The molecule has 0 fully saturated rings. The molecule has 0 radical (unpaired) electrons. The van der Waals surface area contributed by atoms with Crippen molar-refractivity contribution < 1.29 is 9.18 Å². The Morgan fingerprint density at radius 2 is 2.05 bits per heavy atom. The first-order chi connectivity index (χ1) is 9.63. The lowest BCUT2D eigenvalue weighted by Crippen LogP contribution is -2.03. The van der Waals surface area contributed by atoms with E-state index in [1.807, 2.05) is 18.2 Å². The monoisotopic (exact) mass is 289 g/mol. The van der Waals surface area contributed by atoms with E-state index in [2.05, 4.69) is 5.32 Å². The van der Waals surface area contributed by atoms with Gasteiger partial charge in [0.15, 0.2) is 0 Å². The molecule has 2 nitrogen and oxygen atoms in total. The number of halogens is 2. The summed E-state index contributed by atoms with van der Waals surface area (Å²) < 4.78 is 13.6. The van der Waals surface area contributed by atoms with Crippen molar-refractivity contribution in [2.45, 2.75) is 18.2 Å². The number of nitrogens with one attached hydrogen (secondary N) is 1. The zero-order chi connectivity index (χ0) is 14.1. The van der Waals surface area contributed by atoms with Gasteiger partial charge in [-0.1, -0.05) is 30.3 Å². The highest BCUT2D eigenvalue weighted by molar-refractivity contribution is 6.21. The van der Waals surface area contributed by atoms with Crippen LogP contribution in [0.3, 0.4) is 0 Å². The van der Waals surface area contributed by atoms with Gasteiger partial charge in [-0.3, -0.25) is 4.79 Å². The molecule has 0 bridgehead atoms. The molecule has 2 aromatic carbocycles. The Balaban J connectivity index is 1.82. The first-order valence-corrected chi connectivity index (χ1v) is 6.87. The van der Waals surface area contributed by atoms with E-state index in [1.165, 1.54) is 6.07 Å². The van der Waals surface area contributed by atoms with E-state index < -0.39 is 0 Å². The zero-order valence-corrected chi connectivity index (χ0v) is 11.5. The van der Waals surface area contributed by atoms with Crippen molar-refractivity contribution in [3.05, 3.63) is 65.0 Å². The molecular formula is C16H13ClFNO. The van der Waals surface area contributed by atoms with Crippen LogP contribution in [0.4, 0.5) is 10.1 Å². The number of carbonyl (C=O) groups excluding carboxylic acids is 1.